The molecule has 32 heavy (non-hydrogen) atoms. The highest BCUT2D eigenvalue weighted by Crippen LogP contribution is 2.29. The predicted molar refractivity (Wildman–Crippen MR) is 129 cm³/mol. The van der Waals surface area contributed by atoms with Gasteiger partial charge in [-0.15, -0.1) is 0 Å². The topological polar surface area (TPSA) is 76.2 Å². The zero-order valence-electron chi connectivity index (χ0n) is 16.9. The van der Waals surface area contributed by atoms with E-state index in [0.717, 1.165) is 15.6 Å². The maximum atomic E-state index is 11.0. The number of nitro groups is 1. The summed E-state index contributed by atoms with van der Waals surface area (Å²) in [6, 6.07) is 28.1. The highest BCUT2D eigenvalue weighted by molar-refractivity contribution is 9.10. The summed E-state index contributed by atoms with van der Waals surface area (Å²) in [5.74, 6) is 0.684. The molecule has 0 saturated heterocycles. The summed E-state index contributed by atoms with van der Waals surface area (Å²) in [6.07, 6.45) is 1.69. The Morgan fingerprint density at radius 1 is 1.00 bits per heavy atom. The Balaban J connectivity index is 1.52. The SMILES string of the molecule is N#C/C(=C/c1ccc(OCc2ccc3ccccc3c2)c(Br)c1)c1cccc([N+](=O)[O-])c1. The number of allylic oxidation sites excluding steroid dienone is 1. The average Bonchev–Trinajstić information content (AvgIpc) is 2.82. The van der Waals surface area contributed by atoms with Crippen molar-refractivity contribution in [2.45, 2.75) is 6.61 Å². The van der Waals surface area contributed by atoms with E-state index in [1.165, 1.54) is 22.9 Å². The molecule has 0 aliphatic rings. The van der Waals surface area contributed by atoms with Crippen LogP contribution in [0.3, 0.4) is 0 Å². The van der Waals surface area contributed by atoms with Gasteiger partial charge in [-0.1, -0.05) is 54.6 Å². The second-order valence-electron chi connectivity index (χ2n) is 7.14. The first-order valence-corrected chi connectivity index (χ1v) is 10.6. The van der Waals surface area contributed by atoms with Crippen LogP contribution >= 0.6 is 15.9 Å². The number of hydrogen-bond acceptors (Lipinski definition) is 4. The predicted octanol–water partition coefficient (Wildman–Crippen LogP) is 7.15. The van der Waals surface area contributed by atoms with Crippen molar-refractivity contribution in [3.05, 3.63) is 116 Å². The van der Waals surface area contributed by atoms with E-state index in [9.17, 15) is 15.4 Å². The first kappa shape index (κ1) is 21.3. The summed E-state index contributed by atoms with van der Waals surface area (Å²) in [5.41, 5.74) is 2.62. The largest absolute Gasteiger partial charge is 0.488 e. The molecule has 5 nitrogen and oxygen atoms in total. The number of fused-ring (bicyclic) bond motifs is 1. The lowest BCUT2D eigenvalue weighted by Gasteiger charge is -2.10. The van der Waals surface area contributed by atoms with Gasteiger partial charge in [0.1, 0.15) is 12.4 Å². The highest BCUT2D eigenvalue weighted by atomic mass is 79.9. The van der Waals surface area contributed by atoms with Gasteiger partial charge >= 0.3 is 0 Å². The maximum Gasteiger partial charge on any atom is 0.270 e. The summed E-state index contributed by atoms with van der Waals surface area (Å²) in [4.78, 5) is 10.5. The van der Waals surface area contributed by atoms with Crippen LogP contribution in [0, 0.1) is 21.4 Å². The minimum Gasteiger partial charge on any atom is -0.488 e. The molecule has 0 heterocycles. The van der Waals surface area contributed by atoms with Gasteiger partial charge in [0.05, 0.1) is 21.0 Å². The van der Waals surface area contributed by atoms with Crippen LogP contribution in [-0.2, 0) is 6.61 Å². The fraction of sp³-hybridized carbons (Fsp3) is 0.0385. The second kappa shape index (κ2) is 9.46. The molecule has 0 spiro atoms. The first-order chi connectivity index (χ1) is 15.5. The van der Waals surface area contributed by atoms with Gasteiger partial charge in [-0.2, -0.15) is 5.26 Å². The number of nitro benzene ring substituents is 1. The minimum atomic E-state index is -0.475. The van der Waals surface area contributed by atoms with Crippen LogP contribution in [0.15, 0.2) is 89.4 Å². The third-order valence-electron chi connectivity index (χ3n) is 4.96. The molecule has 0 atom stereocenters. The van der Waals surface area contributed by atoms with Gasteiger partial charge in [0.2, 0.25) is 0 Å². The molecule has 6 heteroatoms. The zero-order chi connectivity index (χ0) is 22.5. The molecule has 0 aromatic heterocycles. The van der Waals surface area contributed by atoms with Crippen LogP contribution in [0.4, 0.5) is 5.69 Å². The van der Waals surface area contributed by atoms with E-state index in [2.05, 4.69) is 46.3 Å². The van der Waals surface area contributed by atoms with E-state index in [4.69, 9.17) is 4.74 Å². The van der Waals surface area contributed by atoms with Gasteiger partial charge in [-0.05, 0) is 67.7 Å². The second-order valence-corrected chi connectivity index (χ2v) is 7.99. The summed E-state index contributed by atoms with van der Waals surface area (Å²) < 4.78 is 6.73. The number of ether oxygens (including phenoxy) is 1. The van der Waals surface area contributed by atoms with E-state index in [1.54, 1.807) is 18.2 Å². The summed E-state index contributed by atoms with van der Waals surface area (Å²) in [7, 11) is 0. The molecule has 0 amide bonds. The van der Waals surface area contributed by atoms with Crippen LogP contribution < -0.4 is 4.74 Å². The van der Waals surface area contributed by atoms with E-state index in [1.807, 2.05) is 36.4 Å². The van der Waals surface area contributed by atoms with E-state index in [0.29, 0.717) is 23.5 Å². The van der Waals surface area contributed by atoms with Crippen LogP contribution in [-0.4, -0.2) is 4.92 Å². The number of rotatable bonds is 6. The number of nitriles is 1. The molecule has 156 valence electrons. The first-order valence-electron chi connectivity index (χ1n) is 9.80. The molecule has 0 fully saturated rings. The fourth-order valence-corrected chi connectivity index (χ4v) is 3.86. The Hall–Kier alpha value is -3.95. The number of non-ortho nitro benzene ring substituents is 1. The van der Waals surface area contributed by atoms with Crippen molar-refractivity contribution in [3.63, 3.8) is 0 Å². The van der Waals surface area contributed by atoms with Crippen LogP contribution in [0.25, 0.3) is 22.4 Å². The van der Waals surface area contributed by atoms with Gasteiger partial charge in [0, 0.05) is 12.1 Å². The molecule has 0 bridgehead atoms. The van der Waals surface area contributed by atoms with Crippen LogP contribution in [0.1, 0.15) is 16.7 Å². The number of hydrogen-bond donors (Lipinski definition) is 0. The molecule has 4 aromatic carbocycles. The number of nitrogens with zero attached hydrogens (tertiary/aromatic N) is 2. The van der Waals surface area contributed by atoms with Gasteiger partial charge < -0.3 is 4.74 Å². The van der Waals surface area contributed by atoms with E-state index < -0.39 is 4.92 Å². The number of benzene rings is 4. The lowest BCUT2D eigenvalue weighted by molar-refractivity contribution is -0.384. The normalized spacial score (nSPS) is 11.2. The van der Waals surface area contributed by atoms with E-state index >= 15 is 0 Å². The average molecular weight is 485 g/mol. The molecule has 0 saturated carbocycles. The molecule has 4 rings (SSSR count). The monoisotopic (exact) mass is 484 g/mol. The minimum absolute atomic E-state index is 0.0535. The molecule has 0 radical (unpaired) electrons. The standard InChI is InChI=1S/C26H17BrN2O3/c27-25-14-18(12-23(16-28)22-6-3-7-24(15-22)29(30)31)9-11-26(25)32-17-19-8-10-20-4-1-2-5-21(20)13-19/h1-15H,17H2/b23-12-. The smallest absolute Gasteiger partial charge is 0.270 e. The van der Waals surface area contributed by atoms with E-state index in [-0.39, 0.29) is 5.69 Å². The summed E-state index contributed by atoms with van der Waals surface area (Å²) in [5, 5.41) is 22.9. The molecular weight excluding hydrogens is 468 g/mol. The van der Waals surface area contributed by atoms with Gasteiger partial charge in [0.15, 0.2) is 0 Å². The molecule has 0 N–H and O–H groups in total. The number of halogens is 1. The van der Waals surface area contributed by atoms with Gasteiger partial charge in [-0.25, -0.2) is 0 Å². The Morgan fingerprint density at radius 2 is 1.81 bits per heavy atom. The van der Waals surface area contributed by atoms with Crippen LogP contribution in [0.2, 0.25) is 0 Å². The Kier molecular flexibility index (Phi) is 6.29. The summed E-state index contributed by atoms with van der Waals surface area (Å²) in [6.45, 7) is 0.426. The maximum absolute atomic E-state index is 11.0. The Labute approximate surface area is 193 Å². The van der Waals surface area contributed by atoms with Gasteiger partial charge in [-0.3, -0.25) is 10.1 Å². The van der Waals surface area contributed by atoms with Crippen molar-refractivity contribution in [3.8, 4) is 11.8 Å². The molecule has 0 unspecified atom stereocenters. The van der Waals surface area contributed by atoms with Crippen molar-refractivity contribution in [1.29, 1.82) is 5.26 Å². The van der Waals surface area contributed by atoms with Crippen molar-refractivity contribution in [2.24, 2.45) is 0 Å². The van der Waals surface area contributed by atoms with Crippen molar-refractivity contribution < 1.29 is 9.66 Å². The molecular formula is C26H17BrN2O3. The fourth-order valence-electron chi connectivity index (χ4n) is 3.35. The third-order valence-corrected chi connectivity index (χ3v) is 5.58. The quantitative estimate of drug-likeness (QED) is 0.126. The van der Waals surface area contributed by atoms with Crippen molar-refractivity contribution >= 4 is 44.0 Å². The summed E-state index contributed by atoms with van der Waals surface area (Å²) >= 11 is 3.53. The van der Waals surface area contributed by atoms with Crippen LogP contribution in [0.5, 0.6) is 5.75 Å². The lowest BCUT2D eigenvalue weighted by atomic mass is 10.0. The van der Waals surface area contributed by atoms with Crippen molar-refractivity contribution in [1.82, 2.24) is 0 Å². The van der Waals surface area contributed by atoms with Gasteiger partial charge in [0.25, 0.3) is 5.69 Å². The lowest BCUT2D eigenvalue weighted by Crippen LogP contribution is -1.96. The Bertz CT molecular complexity index is 1390. The Morgan fingerprint density at radius 3 is 2.56 bits per heavy atom. The molecule has 0 aliphatic carbocycles. The highest BCUT2D eigenvalue weighted by Gasteiger charge is 2.10. The van der Waals surface area contributed by atoms with Crippen molar-refractivity contribution in [2.75, 3.05) is 0 Å². The zero-order valence-corrected chi connectivity index (χ0v) is 18.5. The molecule has 0 aliphatic heterocycles. The third kappa shape index (κ3) is 4.85. The molecule has 4 aromatic rings.